The van der Waals surface area contributed by atoms with Crippen LogP contribution in [-0.4, -0.2) is 30.7 Å². The number of hydrogen-bond acceptors (Lipinski definition) is 3. The molecule has 1 N–H and O–H groups in total. The fourth-order valence-electron chi connectivity index (χ4n) is 2.74. The predicted molar refractivity (Wildman–Crippen MR) is 111 cm³/mol. The predicted octanol–water partition coefficient (Wildman–Crippen LogP) is 3.76. The molecule has 1 heterocycles. The topological polar surface area (TPSA) is 67.0 Å². The Morgan fingerprint density at radius 3 is 2.65 bits per heavy atom. The van der Waals surface area contributed by atoms with Crippen LogP contribution in [0.3, 0.4) is 0 Å². The number of aryl methyl sites for hydroxylation is 1. The van der Waals surface area contributed by atoms with Gasteiger partial charge >= 0.3 is 0 Å². The standard InChI is InChI=1S/C20H22IN3O2/c1-14-11-16(12-17(13-22)20(25)23-9-4-10-26-3)15(2)24(14)19-7-5-18(21)6-8-19/h5-8,11-12H,4,9-10H2,1-3H3,(H,23,25)/b17-12+. The van der Waals surface area contributed by atoms with Crippen molar-refractivity contribution in [3.63, 3.8) is 0 Å². The van der Waals surface area contributed by atoms with E-state index in [1.807, 2.05) is 26.0 Å². The van der Waals surface area contributed by atoms with Gasteiger partial charge in [-0.1, -0.05) is 0 Å². The van der Waals surface area contributed by atoms with E-state index in [1.165, 1.54) is 3.57 Å². The Morgan fingerprint density at radius 2 is 2.04 bits per heavy atom. The van der Waals surface area contributed by atoms with Crippen molar-refractivity contribution in [1.82, 2.24) is 9.88 Å². The number of methoxy groups -OCH3 is 1. The van der Waals surface area contributed by atoms with E-state index in [1.54, 1.807) is 13.2 Å². The number of nitrogens with one attached hydrogen (secondary N) is 1. The highest BCUT2D eigenvalue weighted by atomic mass is 127. The normalized spacial score (nSPS) is 11.3. The van der Waals surface area contributed by atoms with Crippen molar-refractivity contribution in [1.29, 1.82) is 5.26 Å². The van der Waals surface area contributed by atoms with E-state index in [9.17, 15) is 10.1 Å². The molecule has 0 aliphatic heterocycles. The molecule has 2 rings (SSSR count). The molecule has 5 nitrogen and oxygen atoms in total. The first-order valence-electron chi connectivity index (χ1n) is 8.31. The van der Waals surface area contributed by atoms with Crippen molar-refractivity contribution in [2.45, 2.75) is 20.3 Å². The van der Waals surface area contributed by atoms with Gasteiger partial charge in [-0.25, -0.2) is 0 Å². The van der Waals surface area contributed by atoms with Gasteiger partial charge in [0.05, 0.1) is 0 Å². The summed E-state index contributed by atoms with van der Waals surface area (Å²) in [7, 11) is 1.62. The van der Waals surface area contributed by atoms with E-state index in [2.05, 4.69) is 56.7 Å². The summed E-state index contributed by atoms with van der Waals surface area (Å²) in [6.45, 7) is 5.05. The first-order chi connectivity index (χ1) is 12.5. The van der Waals surface area contributed by atoms with Gasteiger partial charge < -0.3 is 14.6 Å². The third-order valence-electron chi connectivity index (χ3n) is 4.03. The van der Waals surface area contributed by atoms with Crippen molar-refractivity contribution in [3.8, 4) is 11.8 Å². The fraction of sp³-hybridized carbons (Fsp3) is 0.300. The molecule has 0 bridgehead atoms. The maximum absolute atomic E-state index is 12.2. The second-order valence-electron chi connectivity index (χ2n) is 5.91. The second kappa shape index (κ2) is 9.55. The number of amides is 1. The molecule has 0 spiro atoms. The highest BCUT2D eigenvalue weighted by Gasteiger charge is 2.13. The highest BCUT2D eigenvalue weighted by molar-refractivity contribution is 14.1. The van der Waals surface area contributed by atoms with Crippen LogP contribution in [0.15, 0.2) is 35.9 Å². The lowest BCUT2D eigenvalue weighted by Gasteiger charge is -2.09. The highest BCUT2D eigenvalue weighted by Crippen LogP contribution is 2.23. The number of nitriles is 1. The zero-order valence-corrected chi connectivity index (χ0v) is 17.3. The minimum atomic E-state index is -0.359. The number of benzene rings is 1. The van der Waals surface area contributed by atoms with Crippen LogP contribution in [0.1, 0.15) is 23.4 Å². The lowest BCUT2D eigenvalue weighted by molar-refractivity contribution is -0.117. The van der Waals surface area contributed by atoms with E-state index in [0.717, 1.165) is 22.6 Å². The molecule has 0 unspecified atom stereocenters. The van der Waals surface area contributed by atoms with Gasteiger partial charge in [0.2, 0.25) is 0 Å². The molecule has 0 aliphatic rings. The number of aromatic nitrogens is 1. The number of hydrogen-bond donors (Lipinski definition) is 1. The molecule has 136 valence electrons. The average Bonchev–Trinajstić information content (AvgIpc) is 2.91. The van der Waals surface area contributed by atoms with Gasteiger partial charge in [-0.15, -0.1) is 0 Å². The Morgan fingerprint density at radius 1 is 1.35 bits per heavy atom. The van der Waals surface area contributed by atoms with Gasteiger partial charge in [0.15, 0.2) is 0 Å². The summed E-state index contributed by atoms with van der Waals surface area (Å²) in [5.74, 6) is -0.359. The molecule has 0 fully saturated rings. The van der Waals surface area contributed by atoms with Crippen LogP contribution < -0.4 is 5.32 Å². The van der Waals surface area contributed by atoms with E-state index in [4.69, 9.17) is 4.74 Å². The minimum Gasteiger partial charge on any atom is -0.385 e. The van der Waals surface area contributed by atoms with Crippen molar-refractivity contribution >= 4 is 34.6 Å². The van der Waals surface area contributed by atoms with Crippen LogP contribution in [-0.2, 0) is 9.53 Å². The third kappa shape index (κ3) is 4.96. The van der Waals surface area contributed by atoms with Crippen molar-refractivity contribution in [2.24, 2.45) is 0 Å². The monoisotopic (exact) mass is 463 g/mol. The van der Waals surface area contributed by atoms with Gasteiger partial charge in [-0.3, -0.25) is 4.79 Å². The summed E-state index contributed by atoms with van der Waals surface area (Å²) >= 11 is 2.28. The van der Waals surface area contributed by atoms with Crippen LogP contribution in [0.2, 0.25) is 0 Å². The van der Waals surface area contributed by atoms with E-state index in [0.29, 0.717) is 19.6 Å². The van der Waals surface area contributed by atoms with Crippen molar-refractivity contribution < 1.29 is 9.53 Å². The van der Waals surface area contributed by atoms with E-state index < -0.39 is 0 Å². The van der Waals surface area contributed by atoms with Gasteiger partial charge in [-0.2, -0.15) is 5.26 Å². The van der Waals surface area contributed by atoms with Gasteiger partial charge in [0.25, 0.3) is 5.91 Å². The maximum atomic E-state index is 12.2. The number of nitrogens with zero attached hydrogens (tertiary/aromatic N) is 2. The van der Waals surface area contributed by atoms with Crippen LogP contribution in [0.4, 0.5) is 0 Å². The van der Waals surface area contributed by atoms with Crippen LogP contribution in [0, 0.1) is 28.7 Å². The summed E-state index contributed by atoms with van der Waals surface area (Å²) in [6.07, 6.45) is 2.36. The molecule has 0 atom stereocenters. The zero-order chi connectivity index (χ0) is 19.1. The summed E-state index contributed by atoms with van der Waals surface area (Å²) in [5, 5.41) is 12.1. The molecular weight excluding hydrogens is 441 g/mol. The second-order valence-corrected chi connectivity index (χ2v) is 7.16. The molecule has 0 aliphatic carbocycles. The molecule has 1 aromatic heterocycles. The van der Waals surface area contributed by atoms with E-state index in [-0.39, 0.29) is 11.5 Å². The molecule has 2 aromatic rings. The largest absolute Gasteiger partial charge is 0.385 e. The number of carbonyl (C=O) groups is 1. The van der Waals surface area contributed by atoms with Crippen LogP contribution in [0.5, 0.6) is 0 Å². The van der Waals surface area contributed by atoms with E-state index >= 15 is 0 Å². The van der Waals surface area contributed by atoms with Gasteiger partial charge in [0.1, 0.15) is 11.6 Å². The Hall–Kier alpha value is -2.11. The molecule has 26 heavy (non-hydrogen) atoms. The number of ether oxygens (including phenoxy) is 1. The van der Waals surface area contributed by atoms with Crippen LogP contribution in [0.25, 0.3) is 11.8 Å². The molecule has 0 saturated carbocycles. The Bertz CT molecular complexity index is 845. The third-order valence-corrected chi connectivity index (χ3v) is 4.75. The summed E-state index contributed by atoms with van der Waals surface area (Å²) in [4.78, 5) is 12.2. The molecular formula is C20H22IN3O2. The van der Waals surface area contributed by atoms with Gasteiger partial charge in [-0.05, 0) is 84.8 Å². The molecule has 1 aromatic carbocycles. The SMILES string of the molecule is COCCCNC(=O)/C(C#N)=C/c1cc(C)n(-c2ccc(I)cc2)c1C. The maximum Gasteiger partial charge on any atom is 0.261 e. The average molecular weight is 463 g/mol. The Balaban J connectivity index is 2.26. The number of halogens is 1. The quantitative estimate of drug-likeness (QED) is 0.294. The molecule has 1 amide bonds. The fourth-order valence-corrected chi connectivity index (χ4v) is 3.10. The first-order valence-corrected chi connectivity index (χ1v) is 9.39. The Labute approximate surface area is 167 Å². The number of rotatable bonds is 7. The van der Waals surface area contributed by atoms with Crippen LogP contribution >= 0.6 is 22.6 Å². The molecule has 0 radical (unpaired) electrons. The molecule has 0 saturated heterocycles. The van der Waals surface area contributed by atoms with Crippen molar-refractivity contribution in [2.75, 3.05) is 20.3 Å². The smallest absolute Gasteiger partial charge is 0.261 e. The van der Waals surface area contributed by atoms with Crippen molar-refractivity contribution in [3.05, 3.63) is 56.4 Å². The molecule has 6 heteroatoms. The first kappa shape index (κ1) is 20.2. The Kier molecular flexibility index (Phi) is 7.42. The lowest BCUT2D eigenvalue weighted by Crippen LogP contribution is -2.26. The summed E-state index contributed by atoms with van der Waals surface area (Å²) in [5.41, 5.74) is 4.06. The number of carbonyl (C=O) groups excluding carboxylic acids is 1. The summed E-state index contributed by atoms with van der Waals surface area (Å²) < 4.78 is 8.24. The van der Waals surface area contributed by atoms with Gasteiger partial charge in [0, 0.05) is 40.9 Å². The summed E-state index contributed by atoms with van der Waals surface area (Å²) in [6, 6.07) is 12.2. The minimum absolute atomic E-state index is 0.102. The zero-order valence-electron chi connectivity index (χ0n) is 15.2. The lowest BCUT2D eigenvalue weighted by atomic mass is 10.1.